The van der Waals surface area contributed by atoms with Gasteiger partial charge in [-0.2, -0.15) is 0 Å². The number of nitrogens with one attached hydrogen (secondary N) is 2. The molecule has 0 saturated heterocycles. The molecular weight excluding hydrogens is 335 g/mol. The van der Waals surface area contributed by atoms with E-state index in [-0.39, 0.29) is 11.4 Å². The third kappa shape index (κ3) is 4.47. The summed E-state index contributed by atoms with van der Waals surface area (Å²) < 4.78 is 0. The van der Waals surface area contributed by atoms with Crippen LogP contribution in [0, 0.1) is 13.8 Å². The summed E-state index contributed by atoms with van der Waals surface area (Å²) in [6, 6.07) is 10.5. The van der Waals surface area contributed by atoms with Crippen LogP contribution in [0.15, 0.2) is 36.4 Å². The summed E-state index contributed by atoms with van der Waals surface area (Å²) in [5.41, 5.74) is 3.12. The molecule has 0 aromatic heterocycles. The Labute approximate surface area is 144 Å². The molecule has 0 bridgehead atoms. The number of hydrogen-bond acceptors (Lipinski definition) is 2. The van der Waals surface area contributed by atoms with Crippen LogP contribution in [-0.4, -0.2) is 11.8 Å². The second-order valence-electron chi connectivity index (χ2n) is 5.12. The van der Waals surface area contributed by atoms with Crippen molar-refractivity contribution in [3.63, 3.8) is 0 Å². The summed E-state index contributed by atoms with van der Waals surface area (Å²) in [5.74, 6) is -0.855. The second-order valence-corrected chi connectivity index (χ2v) is 5.91. The number of anilines is 2. The van der Waals surface area contributed by atoms with Crippen molar-refractivity contribution in [1.29, 1.82) is 0 Å². The van der Waals surface area contributed by atoms with E-state index in [1.54, 1.807) is 24.3 Å². The van der Waals surface area contributed by atoms with Gasteiger partial charge in [0.25, 0.3) is 0 Å². The molecule has 4 nitrogen and oxygen atoms in total. The maximum absolute atomic E-state index is 12.0. The molecule has 0 spiro atoms. The van der Waals surface area contributed by atoms with E-state index in [9.17, 15) is 9.59 Å². The van der Waals surface area contributed by atoms with E-state index >= 15 is 0 Å². The van der Waals surface area contributed by atoms with Crippen molar-refractivity contribution in [3.05, 3.63) is 57.6 Å². The van der Waals surface area contributed by atoms with E-state index in [0.29, 0.717) is 16.4 Å². The minimum atomic E-state index is -0.461. The van der Waals surface area contributed by atoms with Crippen LogP contribution in [-0.2, 0) is 9.59 Å². The highest BCUT2D eigenvalue weighted by atomic mass is 35.5. The zero-order chi connectivity index (χ0) is 17.0. The van der Waals surface area contributed by atoms with Crippen molar-refractivity contribution < 1.29 is 9.59 Å². The van der Waals surface area contributed by atoms with Crippen LogP contribution < -0.4 is 10.6 Å². The van der Waals surface area contributed by atoms with E-state index in [0.717, 1.165) is 11.1 Å². The molecule has 0 atom stereocenters. The van der Waals surface area contributed by atoms with Gasteiger partial charge in [0.05, 0.1) is 15.7 Å². The highest BCUT2D eigenvalue weighted by Gasteiger charge is 2.13. The fourth-order valence-corrected chi connectivity index (χ4v) is 2.37. The van der Waals surface area contributed by atoms with Gasteiger partial charge in [-0.25, -0.2) is 0 Å². The van der Waals surface area contributed by atoms with Gasteiger partial charge in [0.2, 0.25) is 11.8 Å². The zero-order valence-corrected chi connectivity index (χ0v) is 14.3. The number of carbonyl (C=O) groups excluding carboxylic acids is 2. The first kappa shape index (κ1) is 17.3. The Morgan fingerprint density at radius 1 is 0.913 bits per heavy atom. The molecule has 0 aliphatic carbocycles. The molecule has 6 heteroatoms. The SMILES string of the molecule is Cc1cccc(NC(=O)CC(=O)Nc2cccc(Cl)c2Cl)c1C. The second kappa shape index (κ2) is 7.49. The van der Waals surface area contributed by atoms with Crippen molar-refractivity contribution >= 4 is 46.4 Å². The molecular formula is C17H16Cl2N2O2. The Balaban J connectivity index is 1.99. The fraction of sp³-hybridized carbons (Fsp3) is 0.176. The largest absolute Gasteiger partial charge is 0.325 e. The topological polar surface area (TPSA) is 58.2 Å². The van der Waals surface area contributed by atoms with Crippen molar-refractivity contribution in [2.45, 2.75) is 20.3 Å². The molecule has 0 saturated carbocycles. The molecule has 0 unspecified atom stereocenters. The maximum atomic E-state index is 12.0. The first-order valence-electron chi connectivity index (χ1n) is 6.98. The van der Waals surface area contributed by atoms with E-state index in [1.807, 2.05) is 26.0 Å². The Kier molecular flexibility index (Phi) is 5.64. The van der Waals surface area contributed by atoms with Gasteiger partial charge < -0.3 is 10.6 Å². The monoisotopic (exact) mass is 350 g/mol. The summed E-state index contributed by atoms with van der Waals surface area (Å²) in [5, 5.41) is 5.90. The van der Waals surface area contributed by atoms with Crippen molar-refractivity contribution in [2.24, 2.45) is 0 Å². The quantitative estimate of drug-likeness (QED) is 0.793. The lowest BCUT2D eigenvalue weighted by atomic mass is 10.1. The van der Waals surface area contributed by atoms with Crippen molar-refractivity contribution in [2.75, 3.05) is 10.6 Å². The van der Waals surface area contributed by atoms with Crippen LogP contribution in [0.1, 0.15) is 17.5 Å². The average molecular weight is 351 g/mol. The molecule has 120 valence electrons. The lowest BCUT2D eigenvalue weighted by Crippen LogP contribution is -2.22. The number of amides is 2. The normalized spacial score (nSPS) is 10.3. The van der Waals surface area contributed by atoms with Crippen LogP contribution in [0.25, 0.3) is 0 Å². The number of benzene rings is 2. The first-order valence-corrected chi connectivity index (χ1v) is 7.74. The molecule has 0 fully saturated rings. The third-order valence-corrected chi connectivity index (χ3v) is 4.24. The van der Waals surface area contributed by atoms with Crippen LogP contribution in [0.4, 0.5) is 11.4 Å². The van der Waals surface area contributed by atoms with Gasteiger partial charge in [-0.15, -0.1) is 0 Å². The Bertz CT molecular complexity index is 697. The molecule has 2 rings (SSSR count). The molecule has 0 aliphatic heterocycles. The molecule has 0 aliphatic rings. The zero-order valence-electron chi connectivity index (χ0n) is 12.7. The average Bonchev–Trinajstić information content (AvgIpc) is 2.48. The van der Waals surface area contributed by atoms with Crippen LogP contribution >= 0.6 is 23.2 Å². The predicted octanol–water partition coefficient (Wildman–Crippen LogP) is 4.58. The third-order valence-electron chi connectivity index (χ3n) is 3.43. The lowest BCUT2D eigenvalue weighted by Gasteiger charge is -2.11. The Hall–Kier alpha value is -2.04. The summed E-state index contributed by atoms with van der Waals surface area (Å²) in [7, 11) is 0. The minimum absolute atomic E-state index is 0.248. The van der Waals surface area contributed by atoms with E-state index in [1.165, 1.54) is 0 Å². The number of halogens is 2. The summed E-state index contributed by atoms with van der Waals surface area (Å²) >= 11 is 11.9. The van der Waals surface area contributed by atoms with Gasteiger partial charge in [0.15, 0.2) is 0 Å². The summed E-state index contributed by atoms with van der Waals surface area (Å²) in [6.07, 6.45) is -0.309. The highest BCUT2D eigenvalue weighted by Crippen LogP contribution is 2.29. The highest BCUT2D eigenvalue weighted by molar-refractivity contribution is 6.44. The van der Waals surface area contributed by atoms with Crippen molar-refractivity contribution in [1.82, 2.24) is 0 Å². The van der Waals surface area contributed by atoms with E-state index in [4.69, 9.17) is 23.2 Å². The first-order chi connectivity index (χ1) is 10.9. The van der Waals surface area contributed by atoms with Gasteiger partial charge in [-0.3, -0.25) is 9.59 Å². The Morgan fingerprint density at radius 2 is 1.48 bits per heavy atom. The van der Waals surface area contributed by atoms with Crippen LogP contribution in [0.2, 0.25) is 10.0 Å². The number of aryl methyl sites for hydroxylation is 1. The van der Waals surface area contributed by atoms with E-state index < -0.39 is 11.8 Å². The maximum Gasteiger partial charge on any atom is 0.233 e. The molecule has 0 heterocycles. The van der Waals surface area contributed by atoms with Gasteiger partial charge in [-0.1, -0.05) is 41.4 Å². The van der Waals surface area contributed by atoms with Crippen LogP contribution in [0.5, 0.6) is 0 Å². The molecule has 2 N–H and O–H groups in total. The van der Waals surface area contributed by atoms with E-state index in [2.05, 4.69) is 10.6 Å². The number of hydrogen-bond donors (Lipinski definition) is 2. The lowest BCUT2D eigenvalue weighted by molar-refractivity contribution is -0.123. The Morgan fingerprint density at radius 3 is 2.17 bits per heavy atom. The van der Waals surface area contributed by atoms with Gasteiger partial charge in [0, 0.05) is 5.69 Å². The van der Waals surface area contributed by atoms with Gasteiger partial charge in [0.1, 0.15) is 6.42 Å². The molecule has 0 radical (unpaired) electrons. The molecule has 2 aromatic carbocycles. The summed E-state index contributed by atoms with van der Waals surface area (Å²) in [4.78, 5) is 24.0. The smallest absolute Gasteiger partial charge is 0.233 e. The minimum Gasteiger partial charge on any atom is -0.325 e. The molecule has 2 aromatic rings. The number of rotatable bonds is 4. The number of carbonyl (C=O) groups is 2. The van der Waals surface area contributed by atoms with Crippen molar-refractivity contribution in [3.8, 4) is 0 Å². The molecule has 23 heavy (non-hydrogen) atoms. The summed E-state index contributed by atoms with van der Waals surface area (Å²) in [6.45, 7) is 3.87. The van der Waals surface area contributed by atoms with Crippen LogP contribution in [0.3, 0.4) is 0 Å². The fourth-order valence-electron chi connectivity index (χ4n) is 2.02. The predicted molar refractivity (Wildman–Crippen MR) is 94.3 cm³/mol. The van der Waals surface area contributed by atoms with Gasteiger partial charge in [-0.05, 0) is 43.2 Å². The standard InChI is InChI=1S/C17H16Cl2N2O2/c1-10-5-3-7-13(11(10)2)20-15(22)9-16(23)21-14-8-4-6-12(18)17(14)19/h3-8H,9H2,1-2H3,(H,20,22)(H,21,23). The van der Waals surface area contributed by atoms with Gasteiger partial charge >= 0.3 is 0 Å². The molecule has 2 amide bonds.